The highest BCUT2D eigenvalue weighted by Crippen LogP contribution is 2.35. The Bertz CT molecular complexity index is 3080. The smallest absolute Gasteiger partial charge is 0.391 e. The molecule has 0 bridgehead atoms. The molecular weight excluding hydrogens is 972 g/mol. The van der Waals surface area contributed by atoms with Gasteiger partial charge in [0.1, 0.15) is 12.1 Å². The van der Waals surface area contributed by atoms with Gasteiger partial charge in [-0.25, -0.2) is 4.98 Å². The average Bonchev–Trinajstić information content (AvgIpc) is 4.22. The molecule has 0 radical (unpaired) electrons. The van der Waals surface area contributed by atoms with E-state index in [1.807, 2.05) is 74.5 Å². The zero-order chi connectivity index (χ0) is 52.7. The van der Waals surface area contributed by atoms with Crippen molar-refractivity contribution in [2.24, 2.45) is 12.5 Å². The Labute approximate surface area is 431 Å². The fourth-order valence-electron chi connectivity index (χ4n) is 9.50. The summed E-state index contributed by atoms with van der Waals surface area (Å²) < 4.78 is 45.0. The Morgan fingerprint density at radius 3 is 2.34 bits per heavy atom. The number of β-amino-alcohol motifs (C(OH)–C–C–N with tert-alkyl or cyclic N) is 1. The van der Waals surface area contributed by atoms with Gasteiger partial charge in [0.15, 0.2) is 5.65 Å². The first kappa shape index (κ1) is 53.4. The third-order valence-corrected chi connectivity index (χ3v) is 14.5. The number of hydrogen-bond acceptors (Lipinski definition) is 10. The van der Waals surface area contributed by atoms with Crippen molar-refractivity contribution in [1.82, 2.24) is 55.2 Å². The summed E-state index contributed by atoms with van der Waals surface area (Å²) in [6.45, 7) is 9.07. The first-order chi connectivity index (χ1) is 35.3. The van der Waals surface area contributed by atoms with E-state index >= 15 is 0 Å². The van der Waals surface area contributed by atoms with Crippen molar-refractivity contribution in [3.8, 4) is 16.1 Å². The minimum absolute atomic E-state index is 0.00678. The summed E-state index contributed by atoms with van der Waals surface area (Å²) in [4.78, 5) is 60.8. The molecule has 8 rings (SSSR count). The zero-order valence-electron chi connectivity index (χ0n) is 42.4. The van der Waals surface area contributed by atoms with Crippen molar-refractivity contribution in [3.05, 3.63) is 113 Å². The molecule has 16 nitrogen and oxygen atoms in total. The van der Waals surface area contributed by atoms with Crippen LogP contribution in [0.3, 0.4) is 0 Å². The lowest BCUT2D eigenvalue weighted by molar-refractivity contribution is -0.144. The first-order valence-electron chi connectivity index (χ1n) is 25.2. The number of likely N-dealkylation sites (tertiary alicyclic amines) is 1. The number of nitrogens with zero attached hydrogens (tertiary/aromatic N) is 8. The second-order valence-corrected chi connectivity index (χ2v) is 21.2. The molecule has 4 amide bonds. The molecule has 0 spiro atoms. The molecule has 392 valence electrons. The quantitative estimate of drug-likeness (QED) is 0.0511. The molecule has 1 fully saturated rings. The maximum atomic E-state index is 14.0. The third-order valence-electron chi connectivity index (χ3n) is 13.5. The number of aromatic nitrogens is 7. The van der Waals surface area contributed by atoms with E-state index in [9.17, 15) is 37.5 Å². The summed E-state index contributed by atoms with van der Waals surface area (Å²) >= 11 is 1.57. The number of carbonyl (C=O) groups is 4. The van der Waals surface area contributed by atoms with Crippen LogP contribution in [0.4, 0.5) is 13.2 Å². The highest BCUT2D eigenvalue weighted by molar-refractivity contribution is 7.13. The summed E-state index contributed by atoms with van der Waals surface area (Å²) in [5.74, 6) is -1.20. The number of alkyl halides is 3. The van der Waals surface area contributed by atoms with Crippen LogP contribution in [0.5, 0.6) is 0 Å². The molecule has 20 heteroatoms. The Balaban J connectivity index is 0.714. The molecule has 1 aliphatic rings. The number of benzene rings is 3. The van der Waals surface area contributed by atoms with Gasteiger partial charge >= 0.3 is 6.18 Å². The molecule has 0 unspecified atom stereocenters. The van der Waals surface area contributed by atoms with Gasteiger partial charge < -0.3 is 26.0 Å². The molecule has 4 aromatic heterocycles. The molecule has 7 aromatic rings. The number of rotatable bonds is 21. The van der Waals surface area contributed by atoms with E-state index in [0.717, 1.165) is 94.3 Å². The Morgan fingerprint density at radius 1 is 0.878 bits per heavy atom. The summed E-state index contributed by atoms with van der Waals surface area (Å²) in [6.07, 6.45) is 5.32. The molecule has 1 saturated heterocycles. The Hall–Kier alpha value is -6.93. The molecule has 4 N–H and O–H groups in total. The van der Waals surface area contributed by atoms with Crippen LogP contribution >= 0.6 is 11.3 Å². The van der Waals surface area contributed by atoms with E-state index in [4.69, 9.17) is 0 Å². The number of thiazole rings is 1. The van der Waals surface area contributed by atoms with Gasteiger partial charge in [0.2, 0.25) is 17.7 Å². The van der Waals surface area contributed by atoms with E-state index in [2.05, 4.69) is 36.3 Å². The van der Waals surface area contributed by atoms with Crippen LogP contribution in [-0.4, -0.2) is 99.2 Å². The lowest BCUT2D eigenvalue weighted by Crippen LogP contribution is -2.57. The second kappa shape index (κ2) is 23.1. The molecule has 74 heavy (non-hydrogen) atoms. The molecule has 0 aliphatic carbocycles. The highest BCUT2D eigenvalue weighted by atomic mass is 32.1. The molecule has 3 aromatic carbocycles. The average molecular weight is 1040 g/mol. The monoisotopic (exact) mass is 1040 g/mol. The SMILES string of the molecule is Cc1ncsc1-c1ccc(CNC(=O)[C@@H]2C[C@@H](O)CN2C(=O)[C@@H](NC(=O)CCCCCc2cn(CCCCCCNC(=O)c3ccc4c(c3)c3cn(C)nc3n4-c3ccc(C(F)(F)F)cc3)nn2)C(C)(C)C)cc1. The molecule has 3 atom stereocenters. The van der Waals surface area contributed by atoms with Gasteiger partial charge in [0.25, 0.3) is 5.91 Å². The third kappa shape index (κ3) is 12.9. The Kier molecular flexibility index (Phi) is 16.7. The minimum atomic E-state index is -4.44. The van der Waals surface area contributed by atoms with Gasteiger partial charge in [-0.1, -0.05) is 69.5 Å². The van der Waals surface area contributed by atoms with Crippen LogP contribution in [0.25, 0.3) is 38.1 Å². The van der Waals surface area contributed by atoms with Crippen LogP contribution < -0.4 is 16.0 Å². The summed E-state index contributed by atoms with van der Waals surface area (Å²) in [5, 5.41) is 34.2. The predicted octanol–water partition coefficient (Wildman–Crippen LogP) is 8.46. The van der Waals surface area contributed by atoms with E-state index in [1.54, 1.807) is 45.8 Å². The highest BCUT2D eigenvalue weighted by Gasteiger charge is 2.44. The lowest BCUT2D eigenvalue weighted by Gasteiger charge is -2.35. The standard InChI is InChI=1S/C54H64F3N11O5S/c1-34-47(74-33-60-34)36-17-15-35(16-18-36)29-59-51(72)45-28-41(69)31-67(45)52(73)48(53(2,3)4)61-46(70)14-10-8-9-13-39-30-66(64-62-39)26-12-7-6-11-25-58-50(71)37-19-24-44-42(27-37)43-32-65(5)63-49(43)68(44)40-22-20-38(21-23-40)54(55,56)57/h15-24,27,30,32-33,41,45,48,69H,6-14,25-26,28-29,31H2,1-5H3,(H,58,71)(H,59,72)(H,61,70)/t41-,45+,48-/m1/s1. The number of halogens is 3. The number of aliphatic hydroxyl groups excluding tert-OH is 1. The summed E-state index contributed by atoms with van der Waals surface area (Å²) in [5.41, 5.74) is 6.55. The van der Waals surface area contributed by atoms with Crippen molar-refractivity contribution in [2.45, 2.75) is 129 Å². The lowest BCUT2D eigenvalue weighted by atomic mass is 9.85. The Morgan fingerprint density at radius 2 is 1.62 bits per heavy atom. The maximum Gasteiger partial charge on any atom is 0.416 e. The van der Waals surface area contributed by atoms with Gasteiger partial charge in [-0.2, -0.15) is 18.3 Å². The molecule has 0 saturated carbocycles. The number of aryl methyl sites for hydroxylation is 4. The molecule has 5 heterocycles. The number of aliphatic hydroxyl groups is 1. The fourth-order valence-corrected chi connectivity index (χ4v) is 10.3. The van der Waals surface area contributed by atoms with Crippen molar-refractivity contribution >= 4 is 56.9 Å². The van der Waals surface area contributed by atoms with Gasteiger partial charge in [-0.15, -0.1) is 16.4 Å². The van der Waals surface area contributed by atoms with Crippen molar-refractivity contribution < 1.29 is 37.5 Å². The number of hydrogen-bond donors (Lipinski definition) is 4. The van der Waals surface area contributed by atoms with Gasteiger partial charge in [0, 0.05) is 80.5 Å². The van der Waals surface area contributed by atoms with Crippen LogP contribution in [0.2, 0.25) is 0 Å². The van der Waals surface area contributed by atoms with Gasteiger partial charge in [-0.3, -0.25) is 33.1 Å². The molecule has 1 aliphatic heterocycles. The number of unbranched alkanes of at least 4 members (excludes halogenated alkanes) is 5. The van der Waals surface area contributed by atoms with Gasteiger partial charge in [-0.05, 0) is 98.0 Å². The van der Waals surface area contributed by atoms with Crippen LogP contribution in [0.1, 0.15) is 111 Å². The topological polar surface area (TPSA) is 194 Å². The van der Waals surface area contributed by atoms with Crippen LogP contribution in [-0.2, 0) is 47.1 Å². The minimum Gasteiger partial charge on any atom is -0.391 e. The van der Waals surface area contributed by atoms with E-state index < -0.39 is 41.2 Å². The van der Waals surface area contributed by atoms with Crippen molar-refractivity contribution in [3.63, 3.8) is 0 Å². The normalized spacial score (nSPS) is 15.5. The number of fused-ring (bicyclic) bond motifs is 3. The first-order valence-corrected chi connectivity index (χ1v) is 26.1. The van der Waals surface area contributed by atoms with Crippen LogP contribution in [0.15, 0.2) is 84.6 Å². The second-order valence-electron chi connectivity index (χ2n) is 20.3. The van der Waals surface area contributed by atoms with Crippen molar-refractivity contribution in [2.75, 3.05) is 13.1 Å². The van der Waals surface area contributed by atoms with Gasteiger partial charge in [0.05, 0.1) is 39.0 Å². The maximum absolute atomic E-state index is 14.0. The van der Waals surface area contributed by atoms with E-state index in [0.29, 0.717) is 42.8 Å². The van der Waals surface area contributed by atoms with E-state index in [-0.39, 0.29) is 43.7 Å². The summed E-state index contributed by atoms with van der Waals surface area (Å²) in [6, 6.07) is 16.4. The fraction of sp³-hybridized carbons (Fsp3) is 0.444. The number of nitrogens with one attached hydrogen (secondary N) is 3. The predicted molar refractivity (Wildman–Crippen MR) is 277 cm³/mol. The molecular formula is C54H64F3N11O5S. The van der Waals surface area contributed by atoms with E-state index in [1.165, 1.54) is 17.0 Å². The number of amides is 4. The summed E-state index contributed by atoms with van der Waals surface area (Å²) in [7, 11) is 1.77. The largest absolute Gasteiger partial charge is 0.416 e. The van der Waals surface area contributed by atoms with Crippen LogP contribution in [0, 0.1) is 12.3 Å². The van der Waals surface area contributed by atoms with Crippen molar-refractivity contribution in [1.29, 1.82) is 0 Å². The number of carbonyl (C=O) groups excluding carboxylic acids is 4. The zero-order valence-corrected chi connectivity index (χ0v) is 43.2.